The molecule has 0 radical (unpaired) electrons. The second-order valence-corrected chi connectivity index (χ2v) is 6.49. The van der Waals surface area contributed by atoms with Gasteiger partial charge in [-0.1, -0.05) is 12.1 Å². The second kappa shape index (κ2) is 7.30. The summed E-state index contributed by atoms with van der Waals surface area (Å²) in [5.41, 5.74) is 1.19. The lowest BCUT2D eigenvalue weighted by molar-refractivity contribution is -0.141. The second-order valence-electron chi connectivity index (χ2n) is 6.49. The van der Waals surface area contributed by atoms with E-state index in [0.717, 1.165) is 0 Å². The van der Waals surface area contributed by atoms with E-state index < -0.39 is 17.8 Å². The number of benzene rings is 1. The van der Waals surface area contributed by atoms with Crippen molar-refractivity contribution < 1.29 is 28.6 Å². The molecule has 0 unspecified atom stereocenters. The Morgan fingerprint density at radius 3 is 2.52 bits per heavy atom. The fourth-order valence-electron chi connectivity index (χ4n) is 3.61. The largest absolute Gasteiger partial charge is 0.493 e. The van der Waals surface area contributed by atoms with Crippen LogP contribution in [0.25, 0.3) is 0 Å². The molecule has 8 heteroatoms. The van der Waals surface area contributed by atoms with Gasteiger partial charge in [0.15, 0.2) is 17.4 Å². The Labute approximate surface area is 156 Å². The van der Waals surface area contributed by atoms with Gasteiger partial charge in [-0.05, 0) is 13.0 Å². The van der Waals surface area contributed by atoms with Gasteiger partial charge in [0.05, 0.1) is 25.8 Å². The van der Waals surface area contributed by atoms with Gasteiger partial charge in [0.2, 0.25) is 5.76 Å². The monoisotopic (exact) mass is 374 g/mol. The lowest BCUT2D eigenvalue weighted by atomic mass is 9.88. The summed E-state index contributed by atoms with van der Waals surface area (Å²) in [5.74, 6) is -0.969. The van der Waals surface area contributed by atoms with Gasteiger partial charge in [-0.15, -0.1) is 0 Å². The van der Waals surface area contributed by atoms with Gasteiger partial charge >= 0.3 is 5.97 Å². The van der Waals surface area contributed by atoms with Crippen molar-refractivity contribution in [2.24, 2.45) is 5.92 Å². The Bertz CT molecular complexity index is 875. The summed E-state index contributed by atoms with van der Waals surface area (Å²) in [4.78, 5) is 30.3. The van der Waals surface area contributed by atoms with Gasteiger partial charge in [-0.2, -0.15) is 0 Å². The molecule has 2 aromatic rings. The molecule has 1 fully saturated rings. The van der Waals surface area contributed by atoms with Crippen LogP contribution >= 0.6 is 0 Å². The third kappa shape index (κ3) is 3.34. The number of likely N-dealkylation sites (tertiary alicyclic amines) is 1. The van der Waals surface area contributed by atoms with Crippen molar-refractivity contribution in [3.05, 3.63) is 41.1 Å². The van der Waals surface area contributed by atoms with Crippen molar-refractivity contribution in [2.45, 2.75) is 19.8 Å². The number of hydrogen-bond donors (Lipinski definition) is 1. The molecule has 2 heterocycles. The normalized spacial score (nSPS) is 19.2. The Hall–Kier alpha value is -3.03. The Morgan fingerprint density at radius 2 is 1.96 bits per heavy atom. The van der Waals surface area contributed by atoms with Crippen LogP contribution in [-0.4, -0.2) is 54.2 Å². The number of carbonyl (C=O) groups excluding carboxylic acids is 1. The number of ether oxygens (including phenoxy) is 2. The van der Waals surface area contributed by atoms with Crippen molar-refractivity contribution in [3.63, 3.8) is 0 Å². The van der Waals surface area contributed by atoms with Gasteiger partial charge in [-0.25, -0.2) is 4.98 Å². The van der Waals surface area contributed by atoms with E-state index in [-0.39, 0.29) is 24.8 Å². The maximum atomic E-state index is 12.8. The lowest BCUT2D eigenvalue weighted by Gasteiger charge is -2.20. The summed E-state index contributed by atoms with van der Waals surface area (Å²) in [6.07, 6.45) is 0. The van der Waals surface area contributed by atoms with Crippen LogP contribution in [0, 0.1) is 19.8 Å². The van der Waals surface area contributed by atoms with Gasteiger partial charge in [-0.3, -0.25) is 9.59 Å². The minimum Gasteiger partial charge on any atom is -0.493 e. The summed E-state index contributed by atoms with van der Waals surface area (Å²) in [6, 6.07) is 5.33. The van der Waals surface area contributed by atoms with Crippen molar-refractivity contribution >= 4 is 11.9 Å². The quantitative estimate of drug-likeness (QED) is 0.856. The molecule has 8 nitrogen and oxygen atoms in total. The highest BCUT2D eigenvalue weighted by atomic mass is 16.5. The van der Waals surface area contributed by atoms with Gasteiger partial charge in [0, 0.05) is 31.5 Å². The number of nitrogens with zero attached hydrogens (tertiary/aromatic N) is 2. The molecule has 1 saturated heterocycles. The zero-order valence-electron chi connectivity index (χ0n) is 15.7. The number of rotatable bonds is 5. The molecule has 1 aliphatic heterocycles. The fourth-order valence-corrected chi connectivity index (χ4v) is 3.61. The Balaban J connectivity index is 1.96. The van der Waals surface area contributed by atoms with Crippen molar-refractivity contribution in [3.8, 4) is 11.5 Å². The first kappa shape index (κ1) is 18.8. The third-order valence-corrected chi connectivity index (χ3v) is 4.85. The lowest BCUT2D eigenvalue weighted by Crippen LogP contribution is -2.30. The summed E-state index contributed by atoms with van der Waals surface area (Å²) in [7, 11) is 3.03. The number of carboxylic acid groups (broad SMARTS) is 1. The average Bonchev–Trinajstić information content (AvgIpc) is 3.23. The van der Waals surface area contributed by atoms with Crippen LogP contribution < -0.4 is 9.47 Å². The minimum atomic E-state index is -0.967. The molecule has 1 amide bonds. The summed E-state index contributed by atoms with van der Waals surface area (Å²) in [5, 5.41) is 9.72. The van der Waals surface area contributed by atoms with E-state index in [9.17, 15) is 14.7 Å². The number of amides is 1. The first-order valence-electron chi connectivity index (χ1n) is 8.54. The maximum Gasteiger partial charge on any atom is 0.308 e. The SMILES string of the molecule is COc1cccc([C@H]2CN(C(=O)c3oc(C)nc3C)C[C@@H]2C(=O)O)c1OC. The molecule has 0 saturated carbocycles. The number of para-hydroxylation sites is 1. The number of aromatic nitrogens is 1. The van der Waals surface area contributed by atoms with Gasteiger partial charge in [0.25, 0.3) is 5.91 Å². The van der Waals surface area contributed by atoms with Crippen LogP contribution in [-0.2, 0) is 4.79 Å². The number of aliphatic carboxylic acids is 1. The molecular weight excluding hydrogens is 352 g/mol. The smallest absolute Gasteiger partial charge is 0.308 e. The van der Waals surface area contributed by atoms with Crippen molar-refractivity contribution in [1.29, 1.82) is 0 Å². The molecule has 0 spiro atoms. The molecule has 1 aromatic carbocycles. The Morgan fingerprint density at radius 1 is 1.22 bits per heavy atom. The zero-order valence-corrected chi connectivity index (χ0v) is 15.7. The molecule has 0 aliphatic carbocycles. The average molecular weight is 374 g/mol. The van der Waals surface area contributed by atoms with E-state index in [2.05, 4.69) is 4.98 Å². The van der Waals surface area contributed by atoms with E-state index >= 15 is 0 Å². The molecule has 1 aromatic heterocycles. The number of oxazole rings is 1. The maximum absolute atomic E-state index is 12.8. The molecule has 1 N–H and O–H groups in total. The number of hydrogen-bond acceptors (Lipinski definition) is 6. The van der Waals surface area contributed by atoms with Crippen LogP contribution in [0.2, 0.25) is 0 Å². The van der Waals surface area contributed by atoms with Gasteiger partial charge in [0.1, 0.15) is 0 Å². The first-order chi connectivity index (χ1) is 12.9. The molecule has 1 aliphatic rings. The number of carboxylic acids is 1. The molecule has 3 rings (SSSR count). The fraction of sp³-hybridized carbons (Fsp3) is 0.421. The van der Waals surface area contributed by atoms with E-state index in [4.69, 9.17) is 13.9 Å². The predicted molar refractivity (Wildman–Crippen MR) is 95.3 cm³/mol. The van der Waals surface area contributed by atoms with E-state index in [1.165, 1.54) is 19.1 Å². The van der Waals surface area contributed by atoms with Crippen LogP contribution in [0.4, 0.5) is 0 Å². The summed E-state index contributed by atoms with van der Waals surface area (Å²) >= 11 is 0. The zero-order chi connectivity index (χ0) is 19.7. The first-order valence-corrected chi connectivity index (χ1v) is 8.54. The highest BCUT2D eigenvalue weighted by Gasteiger charge is 2.43. The molecule has 27 heavy (non-hydrogen) atoms. The van der Waals surface area contributed by atoms with E-state index in [1.807, 2.05) is 0 Å². The van der Waals surface area contributed by atoms with E-state index in [0.29, 0.717) is 28.6 Å². The number of carbonyl (C=O) groups is 2. The number of methoxy groups -OCH3 is 2. The minimum absolute atomic E-state index is 0.0817. The van der Waals surface area contributed by atoms with Crippen molar-refractivity contribution in [2.75, 3.05) is 27.3 Å². The standard InChI is InChI=1S/C19H22N2O6/c1-10-16(27-11(2)20-10)18(22)21-8-13(14(9-21)19(23)24)12-6-5-7-15(25-3)17(12)26-4/h5-7,13-14H,8-9H2,1-4H3,(H,23,24)/t13-,14+/m1/s1. The molecular formula is C19H22N2O6. The van der Waals surface area contributed by atoms with Crippen LogP contribution in [0.3, 0.4) is 0 Å². The molecule has 0 bridgehead atoms. The van der Waals surface area contributed by atoms with Crippen LogP contribution in [0.5, 0.6) is 11.5 Å². The summed E-state index contributed by atoms with van der Waals surface area (Å²) < 4.78 is 16.2. The highest BCUT2D eigenvalue weighted by molar-refractivity contribution is 5.93. The van der Waals surface area contributed by atoms with E-state index in [1.54, 1.807) is 32.0 Å². The van der Waals surface area contributed by atoms with Crippen LogP contribution in [0.1, 0.15) is 33.6 Å². The predicted octanol–water partition coefficient (Wildman–Crippen LogP) is 2.25. The van der Waals surface area contributed by atoms with Gasteiger partial charge < -0.3 is 23.9 Å². The third-order valence-electron chi connectivity index (χ3n) is 4.85. The Kier molecular flexibility index (Phi) is 5.07. The van der Waals surface area contributed by atoms with Crippen molar-refractivity contribution in [1.82, 2.24) is 9.88 Å². The number of aryl methyl sites for hydroxylation is 2. The summed E-state index contributed by atoms with van der Waals surface area (Å²) in [6.45, 7) is 3.67. The topological polar surface area (TPSA) is 102 Å². The molecule has 2 atom stereocenters. The molecule has 144 valence electrons. The van der Waals surface area contributed by atoms with Crippen LogP contribution in [0.15, 0.2) is 22.6 Å². The highest BCUT2D eigenvalue weighted by Crippen LogP contribution is 2.42.